The van der Waals surface area contributed by atoms with Gasteiger partial charge in [0.15, 0.2) is 0 Å². The lowest BCUT2D eigenvalue weighted by molar-refractivity contribution is 0.105. The van der Waals surface area contributed by atoms with Gasteiger partial charge in [0.25, 0.3) is 0 Å². The largest absolute Gasteiger partial charge is 0.450 e. The molecule has 144 valence electrons. The third-order valence-corrected chi connectivity index (χ3v) is 4.60. The Labute approximate surface area is 160 Å². The molecule has 2 aromatic rings. The quantitative estimate of drug-likeness (QED) is 0.868. The second-order valence-corrected chi connectivity index (χ2v) is 6.81. The normalized spacial score (nSPS) is 14.4. The summed E-state index contributed by atoms with van der Waals surface area (Å²) in [6, 6.07) is 10.2. The molecule has 3 rings (SSSR count). The number of nitrogens with one attached hydrogen (secondary N) is 1. The number of carbonyl (C=O) groups excluding carboxylic acids is 1. The zero-order chi connectivity index (χ0) is 19.2. The third-order valence-electron chi connectivity index (χ3n) is 4.60. The molecule has 1 amide bonds. The van der Waals surface area contributed by atoms with Crippen molar-refractivity contribution >= 4 is 23.5 Å². The minimum atomic E-state index is -0.243. The van der Waals surface area contributed by atoms with Gasteiger partial charge < -0.3 is 19.9 Å². The van der Waals surface area contributed by atoms with Gasteiger partial charge in [-0.1, -0.05) is 26.0 Å². The van der Waals surface area contributed by atoms with E-state index < -0.39 is 0 Å². The van der Waals surface area contributed by atoms with Crippen LogP contribution in [0.1, 0.15) is 32.3 Å². The number of rotatable bonds is 5. The maximum atomic E-state index is 11.8. The van der Waals surface area contributed by atoms with E-state index in [9.17, 15) is 4.79 Å². The van der Waals surface area contributed by atoms with Gasteiger partial charge in [-0.3, -0.25) is 0 Å². The van der Waals surface area contributed by atoms with Crippen LogP contribution in [0.3, 0.4) is 0 Å². The van der Waals surface area contributed by atoms with Gasteiger partial charge in [0.1, 0.15) is 5.82 Å². The van der Waals surface area contributed by atoms with Gasteiger partial charge in [-0.25, -0.2) is 9.78 Å². The Morgan fingerprint density at radius 3 is 2.48 bits per heavy atom. The molecule has 0 unspecified atom stereocenters. The van der Waals surface area contributed by atoms with E-state index in [1.165, 1.54) is 5.56 Å². The number of piperazine rings is 1. The summed E-state index contributed by atoms with van der Waals surface area (Å²) in [4.78, 5) is 24.6. The smallest absolute Gasteiger partial charge is 0.409 e. The fourth-order valence-electron chi connectivity index (χ4n) is 3.00. The first-order chi connectivity index (χ1) is 13.1. The van der Waals surface area contributed by atoms with Gasteiger partial charge in [-0.2, -0.15) is 4.98 Å². The molecule has 7 heteroatoms. The standard InChI is InChI=1S/C20H27N5O2/c1-4-27-20(26)25-13-11-24(12-14-25)18-9-10-21-19(23-18)22-17-7-5-16(6-8-17)15(2)3/h5-10,15H,4,11-14H2,1-3H3,(H,21,22,23). The van der Waals surface area contributed by atoms with E-state index in [1.807, 2.05) is 25.1 Å². The molecule has 1 saturated heterocycles. The zero-order valence-electron chi connectivity index (χ0n) is 16.2. The second-order valence-electron chi connectivity index (χ2n) is 6.81. The first kappa shape index (κ1) is 18.9. The van der Waals surface area contributed by atoms with Crippen LogP contribution >= 0.6 is 0 Å². The van der Waals surface area contributed by atoms with Crippen molar-refractivity contribution in [3.05, 3.63) is 42.1 Å². The SMILES string of the molecule is CCOC(=O)N1CCN(c2ccnc(Nc3ccc(C(C)C)cc3)n2)CC1. The number of anilines is 3. The van der Waals surface area contributed by atoms with Crippen molar-refractivity contribution < 1.29 is 9.53 Å². The molecule has 0 saturated carbocycles. The Kier molecular flexibility index (Phi) is 6.11. The first-order valence-electron chi connectivity index (χ1n) is 9.43. The molecule has 1 aliphatic rings. The van der Waals surface area contributed by atoms with Crippen LogP contribution in [0.5, 0.6) is 0 Å². The van der Waals surface area contributed by atoms with Crippen LogP contribution < -0.4 is 10.2 Å². The first-order valence-corrected chi connectivity index (χ1v) is 9.43. The van der Waals surface area contributed by atoms with Crippen molar-refractivity contribution in [2.75, 3.05) is 43.0 Å². The van der Waals surface area contributed by atoms with E-state index >= 15 is 0 Å². The number of benzene rings is 1. The Hall–Kier alpha value is -2.83. The van der Waals surface area contributed by atoms with Crippen molar-refractivity contribution in [1.29, 1.82) is 0 Å². The second kappa shape index (κ2) is 8.70. The van der Waals surface area contributed by atoms with E-state index in [0.717, 1.165) is 24.6 Å². The number of hydrogen-bond donors (Lipinski definition) is 1. The molecule has 0 aliphatic carbocycles. The lowest BCUT2D eigenvalue weighted by Gasteiger charge is -2.34. The highest BCUT2D eigenvalue weighted by molar-refractivity contribution is 5.68. The van der Waals surface area contributed by atoms with Crippen LogP contribution in [0.4, 0.5) is 22.2 Å². The van der Waals surface area contributed by atoms with E-state index in [-0.39, 0.29) is 6.09 Å². The number of nitrogens with zero attached hydrogens (tertiary/aromatic N) is 4. The molecule has 2 heterocycles. The molecule has 1 aromatic carbocycles. The number of aromatic nitrogens is 2. The van der Waals surface area contributed by atoms with Gasteiger partial charge in [0.05, 0.1) is 6.61 Å². The molecule has 0 atom stereocenters. The maximum absolute atomic E-state index is 11.8. The van der Waals surface area contributed by atoms with Gasteiger partial charge in [-0.05, 0) is 36.6 Å². The highest BCUT2D eigenvalue weighted by atomic mass is 16.6. The zero-order valence-corrected chi connectivity index (χ0v) is 16.2. The Morgan fingerprint density at radius 1 is 1.15 bits per heavy atom. The number of carbonyl (C=O) groups is 1. The number of hydrogen-bond acceptors (Lipinski definition) is 6. The average Bonchev–Trinajstić information content (AvgIpc) is 2.69. The fourth-order valence-corrected chi connectivity index (χ4v) is 3.00. The van der Waals surface area contributed by atoms with Crippen molar-refractivity contribution in [3.63, 3.8) is 0 Å². The summed E-state index contributed by atoms with van der Waals surface area (Å²) >= 11 is 0. The Bertz CT molecular complexity index is 755. The highest BCUT2D eigenvalue weighted by Gasteiger charge is 2.22. The molecule has 1 fully saturated rings. The molecule has 7 nitrogen and oxygen atoms in total. The lowest BCUT2D eigenvalue weighted by Crippen LogP contribution is -2.49. The maximum Gasteiger partial charge on any atom is 0.409 e. The van der Waals surface area contributed by atoms with Crippen molar-refractivity contribution in [3.8, 4) is 0 Å². The van der Waals surface area contributed by atoms with E-state index in [2.05, 4.69) is 46.2 Å². The van der Waals surface area contributed by atoms with Crippen LogP contribution in [-0.2, 0) is 4.74 Å². The Balaban J connectivity index is 1.61. The molecular weight excluding hydrogens is 342 g/mol. The monoisotopic (exact) mass is 369 g/mol. The van der Waals surface area contributed by atoms with Crippen molar-refractivity contribution in [2.24, 2.45) is 0 Å². The van der Waals surface area contributed by atoms with Crippen LogP contribution in [0, 0.1) is 0 Å². The highest BCUT2D eigenvalue weighted by Crippen LogP contribution is 2.21. The van der Waals surface area contributed by atoms with Crippen molar-refractivity contribution in [1.82, 2.24) is 14.9 Å². The summed E-state index contributed by atoms with van der Waals surface area (Å²) in [7, 11) is 0. The van der Waals surface area contributed by atoms with E-state index in [4.69, 9.17) is 4.74 Å². The van der Waals surface area contributed by atoms with E-state index in [1.54, 1.807) is 11.1 Å². The summed E-state index contributed by atoms with van der Waals surface area (Å²) in [5.41, 5.74) is 2.26. The van der Waals surface area contributed by atoms with Gasteiger partial charge in [0.2, 0.25) is 5.95 Å². The molecule has 27 heavy (non-hydrogen) atoms. The minimum Gasteiger partial charge on any atom is -0.450 e. The number of ether oxygens (including phenoxy) is 1. The van der Waals surface area contributed by atoms with Crippen LogP contribution in [0.25, 0.3) is 0 Å². The van der Waals surface area contributed by atoms with Gasteiger partial charge in [-0.15, -0.1) is 0 Å². The molecule has 1 N–H and O–H groups in total. The van der Waals surface area contributed by atoms with Crippen LogP contribution in [0.2, 0.25) is 0 Å². The predicted molar refractivity (Wildman–Crippen MR) is 107 cm³/mol. The lowest BCUT2D eigenvalue weighted by atomic mass is 10.0. The van der Waals surface area contributed by atoms with E-state index in [0.29, 0.717) is 31.6 Å². The summed E-state index contributed by atoms with van der Waals surface area (Å²) in [6.07, 6.45) is 1.51. The van der Waals surface area contributed by atoms with Gasteiger partial charge in [0, 0.05) is 38.1 Å². The minimum absolute atomic E-state index is 0.243. The number of amides is 1. The molecular formula is C20H27N5O2. The Morgan fingerprint density at radius 2 is 1.85 bits per heavy atom. The molecule has 1 aromatic heterocycles. The summed E-state index contributed by atoms with van der Waals surface area (Å²) < 4.78 is 5.06. The average molecular weight is 369 g/mol. The predicted octanol–water partition coefficient (Wildman–Crippen LogP) is 3.62. The van der Waals surface area contributed by atoms with Crippen LogP contribution in [-0.4, -0.2) is 53.7 Å². The molecule has 1 aliphatic heterocycles. The molecule has 0 spiro atoms. The molecule has 0 bridgehead atoms. The third kappa shape index (κ3) is 4.87. The summed E-state index contributed by atoms with van der Waals surface area (Å²) in [5.74, 6) is 1.93. The molecule has 0 radical (unpaired) electrons. The van der Waals surface area contributed by atoms with Gasteiger partial charge >= 0.3 is 6.09 Å². The summed E-state index contributed by atoms with van der Waals surface area (Å²) in [6.45, 7) is 9.27. The summed E-state index contributed by atoms with van der Waals surface area (Å²) in [5, 5.41) is 3.26. The topological polar surface area (TPSA) is 70.6 Å². The van der Waals surface area contributed by atoms with Crippen molar-refractivity contribution in [2.45, 2.75) is 26.7 Å². The van der Waals surface area contributed by atoms with Crippen LogP contribution in [0.15, 0.2) is 36.5 Å². The fraction of sp³-hybridized carbons (Fsp3) is 0.450.